The Morgan fingerprint density at radius 1 is 0.864 bits per heavy atom. The fourth-order valence-corrected chi connectivity index (χ4v) is 8.21. The Morgan fingerprint density at radius 2 is 1.61 bits per heavy atom. The summed E-state index contributed by atoms with van der Waals surface area (Å²) in [6, 6.07) is 29.7. The van der Waals surface area contributed by atoms with Crippen LogP contribution in [0.2, 0.25) is 5.02 Å². The van der Waals surface area contributed by atoms with Crippen LogP contribution in [-0.2, 0) is 0 Å². The van der Waals surface area contributed by atoms with Crippen LogP contribution in [0.4, 0.5) is 11.4 Å². The summed E-state index contributed by atoms with van der Waals surface area (Å²) in [6.45, 7) is 11.1. The van der Waals surface area contributed by atoms with Gasteiger partial charge in [0, 0.05) is 41.7 Å². The van der Waals surface area contributed by atoms with E-state index in [0.29, 0.717) is 16.9 Å². The van der Waals surface area contributed by atoms with Gasteiger partial charge in [-0.25, -0.2) is 0 Å². The zero-order chi connectivity index (χ0) is 30.5. The van der Waals surface area contributed by atoms with E-state index >= 15 is 0 Å². The fraction of sp³-hybridized carbons (Fsp3) is 0.297. The van der Waals surface area contributed by atoms with E-state index in [1.54, 1.807) is 0 Å². The molecule has 0 unspecified atom stereocenters. The van der Waals surface area contributed by atoms with Crippen molar-refractivity contribution in [3.05, 3.63) is 119 Å². The maximum atomic E-state index is 7.08. The molecule has 2 aliphatic rings. The molecule has 2 fully saturated rings. The third-order valence-corrected chi connectivity index (χ3v) is 9.93. The SMILES string of the molecule is Cc1cc([C@@H]2[C@@H](c3ccccn3)NC(=S)N2c2ccc(N3C[C@H](C)C[C@H](C)C3)c(Cl)c2)c(C)n1-c1cccc2ccccc12. The lowest BCUT2D eigenvalue weighted by Gasteiger charge is -2.37. The summed E-state index contributed by atoms with van der Waals surface area (Å²) in [4.78, 5) is 9.45. The molecule has 5 nitrogen and oxygen atoms in total. The number of piperidine rings is 1. The van der Waals surface area contributed by atoms with E-state index in [1.807, 2.05) is 18.3 Å². The number of thiocarbonyl (C=S) groups is 1. The van der Waals surface area contributed by atoms with Crippen molar-refractivity contribution in [2.24, 2.45) is 11.8 Å². The maximum Gasteiger partial charge on any atom is 0.174 e. The molecule has 4 atom stereocenters. The minimum Gasteiger partial charge on any atom is -0.370 e. The number of halogens is 1. The van der Waals surface area contributed by atoms with Gasteiger partial charge in [0.1, 0.15) is 0 Å². The third kappa shape index (κ3) is 5.04. The van der Waals surface area contributed by atoms with Crippen molar-refractivity contribution in [2.75, 3.05) is 22.9 Å². The highest BCUT2D eigenvalue weighted by Gasteiger charge is 2.42. The van der Waals surface area contributed by atoms with Crippen molar-refractivity contribution < 1.29 is 0 Å². The van der Waals surface area contributed by atoms with E-state index < -0.39 is 0 Å². The summed E-state index contributed by atoms with van der Waals surface area (Å²) in [7, 11) is 0. The number of nitrogens with one attached hydrogen (secondary N) is 1. The summed E-state index contributed by atoms with van der Waals surface area (Å²) >= 11 is 13.2. The van der Waals surface area contributed by atoms with Crippen LogP contribution in [0.3, 0.4) is 0 Å². The highest BCUT2D eigenvalue weighted by atomic mass is 35.5. The molecular formula is C37H38ClN5S. The molecule has 0 saturated carbocycles. The van der Waals surface area contributed by atoms with Crippen LogP contribution in [0.5, 0.6) is 0 Å². The molecule has 5 aromatic rings. The molecule has 0 bridgehead atoms. The molecule has 2 aliphatic heterocycles. The molecule has 2 saturated heterocycles. The van der Waals surface area contributed by atoms with Gasteiger partial charge in [-0.15, -0.1) is 0 Å². The highest BCUT2D eigenvalue weighted by Crippen LogP contribution is 2.45. The number of hydrogen-bond donors (Lipinski definition) is 1. The fourth-order valence-electron chi connectivity index (χ4n) is 7.57. The van der Waals surface area contributed by atoms with Crippen molar-refractivity contribution in [3.8, 4) is 5.69 Å². The number of hydrogen-bond acceptors (Lipinski definition) is 3. The van der Waals surface area contributed by atoms with Crippen LogP contribution in [0, 0.1) is 25.7 Å². The Bertz CT molecular complexity index is 1830. The quantitative estimate of drug-likeness (QED) is 0.199. The van der Waals surface area contributed by atoms with Crippen molar-refractivity contribution in [3.63, 3.8) is 0 Å². The second kappa shape index (κ2) is 11.6. The highest BCUT2D eigenvalue weighted by molar-refractivity contribution is 7.80. The van der Waals surface area contributed by atoms with E-state index in [1.165, 1.54) is 39.8 Å². The Balaban J connectivity index is 1.34. The molecule has 224 valence electrons. The molecule has 2 aromatic heterocycles. The van der Waals surface area contributed by atoms with Gasteiger partial charge >= 0.3 is 0 Å². The minimum atomic E-state index is -0.132. The van der Waals surface area contributed by atoms with Gasteiger partial charge in [0.15, 0.2) is 5.11 Å². The van der Waals surface area contributed by atoms with Crippen molar-refractivity contribution in [1.82, 2.24) is 14.9 Å². The van der Waals surface area contributed by atoms with Crippen LogP contribution in [0.15, 0.2) is 91.1 Å². The summed E-state index contributed by atoms with van der Waals surface area (Å²) in [5.41, 5.74) is 7.77. The van der Waals surface area contributed by atoms with Gasteiger partial charge < -0.3 is 19.7 Å². The Hall–Kier alpha value is -3.87. The molecular weight excluding hydrogens is 582 g/mol. The van der Waals surface area contributed by atoms with Gasteiger partial charge in [-0.2, -0.15) is 0 Å². The molecule has 0 aliphatic carbocycles. The van der Waals surface area contributed by atoms with E-state index in [4.69, 9.17) is 28.8 Å². The first kappa shape index (κ1) is 28.9. The van der Waals surface area contributed by atoms with E-state index in [2.05, 4.69) is 120 Å². The second-order valence-corrected chi connectivity index (χ2v) is 13.4. The average Bonchev–Trinajstić information content (AvgIpc) is 3.51. The van der Waals surface area contributed by atoms with E-state index in [-0.39, 0.29) is 12.1 Å². The van der Waals surface area contributed by atoms with Crippen molar-refractivity contribution >= 4 is 51.1 Å². The zero-order valence-electron chi connectivity index (χ0n) is 25.7. The summed E-state index contributed by atoms with van der Waals surface area (Å²) in [5.74, 6) is 1.29. The summed E-state index contributed by atoms with van der Waals surface area (Å²) in [6.07, 6.45) is 3.11. The Morgan fingerprint density at radius 3 is 2.36 bits per heavy atom. The first-order valence-electron chi connectivity index (χ1n) is 15.5. The minimum absolute atomic E-state index is 0.121. The zero-order valence-corrected chi connectivity index (χ0v) is 27.2. The molecule has 4 heterocycles. The van der Waals surface area contributed by atoms with Gasteiger partial charge in [0.25, 0.3) is 0 Å². The smallest absolute Gasteiger partial charge is 0.174 e. The molecule has 3 aromatic carbocycles. The molecule has 7 heteroatoms. The first-order chi connectivity index (χ1) is 21.3. The van der Waals surface area contributed by atoms with Crippen LogP contribution >= 0.6 is 23.8 Å². The van der Waals surface area contributed by atoms with Gasteiger partial charge in [-0.05, 0) is 97.7 Å². The molecule has 44 heavy (non-hydrogen) atoms. The lowest BCUT2D eigenvalue weighted by molar-refractivity contribution is 0.357. The van der Waals surface area contributed by atoms with Gasteiger partial charge in [0.05, 0.1) is 34.2 Å². The van der Waals surface area contributed by atoms with Crippen LogP contribution in [0.25, 0.3) is 16.5 Å². The Labute approximate surface area is 270 Å². The average molecular weight is 620 g/mol. The van der Waals surface area contributed by atoms with Crippen LogP contribution in [-0.4, -0.2) is 27.8 Å². The van der Waals surface area contributed by atoms with Gasteiger partial charge in [-0.1, -0.05) is 67.9 Å². The number of pyridine rings is 1. The third-order valence-electron chi connectivity index (χ3n) is 9.31. The van der Waals surface area contributed by atoms with Gasteiger partial charge in [0.2, 0.25) is 0 Å². The number of fused-ring (bicyclic) bond motifs is 1. The predicted molar refractivity (Wildman–Crippen MR) is 187 cm³/mol. The molecule has 0 spiro atoms. The van der Waals surface area contributed by atoms with Gasteiger partial charge in [-0.3, -0.25) is 4.98 Å². The number of nitrogens with zero attached hydrogens (tertiary/aromatic N) is 4. The van der Waals surface area contributed by atoms with Crippen molar-refractivity contribution in [1.29, 1.82) is 0 Å². The molecule has 0 radical (unpaired) electrons. The molecule has 7 rings (SSSR count). The molecule has 1 N–H and O–H groups in total. The number of anilines is 2. The molecule has 0 amide bonds. The predicted octanol–water partition coefficient (Wildman–Crippen LogP) is 8.96. The van der Waals surface area contributed by atoms with Crippen molar-refractivity contribution in [2.45, 2.75) is 46.2 Å². The van der Waals surface area contributed by atoms with Crippen LogP contribution in [0.1, 0.15) is 55.0 Å². The topological polar surface area (TPSA) is 36.3 Å². The van der Waals surface area contributed by atoms with Crippen LogP contribution < -0.4 is 15.1 Å². The standard InChI is InChI=1S/C37H38ClN5S/c1-23-18-24(2)22-41(21-23)34-16-15-28(20-31(34)38)43-36(35(40-37(43)44)32-13-7-8-17-39-32)30-19-25(3)42(26(30)4)33-14-9-11-27-10-5-6-12-29(27)33/h5-17,19-20,23-24,35-36H,18,21-22H2,1-4H3,(H,40,44)/t23-,24+,35-,36-/m1/s1. The summed E-state index contributed by atoms with van der Waals surface area (Å²) in [5, 5.41) is 7.51. The lowest BCUT2D eigenvalue weighted by Crippen LogP contribution is -2.38. The van der Waals surface area contributed by atoms with E-state index in [9.17, 15) is 0 Å². The number of benzene rings is 3. The Kier molecular flexibility index (Phi) is 7.59. The largest absolute Gasteiger partial charge is 0.370 e. The monoisotopic (exact) mass is 619 g/mol. The second-order valence-electron chi connectivity index (χ2n) is 12.6. The maximum absolute atomic E-state index is 7.08. The number of rotatable bonds is 5. The lowest BCUT2D eigenvalue weighted by atomic mass is 9.91. The first-order valence-corrected chi connectivity index (χ1v) is 16.3. The van der Waals surface area contributed by atoms with E-state index in [0.717, 1.165) is 35.2 Å². The number of aromatic nitrogens is 2. The number of aryl methyl sites for hydroxylation is 1. The summed E-state index contributed by atoms with van der Waals surface area (Å²) < 4.78 is 2.38. The normalized spacial score (nSPS) is 22.1.